The van der Waals surface area contributed by atoms with Crippen LogP contribution in [-0.2, 0) is 0 Å². The van der Waals surface area contributed by atoms with Crippen LogP contribution in [-0.4, -0.2) is 16.1 Å². The Labute approximate surface area is 95.3 Å². The summed E-state index contributed by atoms with van der Waals surface area (Å²) in [4.78, 5) is 4.37. The summed E-state index contributed by atoms with van der Waals surface area (Å²) in [5.41, 5.74) is 2.99. The predicted octanol–water partition coefficient (Wildman–Crippen LogP) is 2.15. The smallest absolute Gasteiger partial charge is 0.171 e. The van der Waals surface area contributed by atoms with Crippen molar-refractivity contribution >= 4 is 23.0 Å². The van der Waals surface area contributed by atoms with Crippen molar-refractivity contribution in [3.05, 3.63) is 23.5 Å². The molecule has 1 aromatic heterocycles. The number of aromatic nitrogens is 1. The Kier molecular flexibility index (Phi) is 2.86. The first-order chi connectivity index (χ1) is 7.15. The Hall–Kier alpha value is -1.16. The highest BCUT2D eigenvalue weighted by atomic mass is 32.1. The summed E-state index contributed by atoms with van der Waals surface area (Å²) in [6.07, 6.45) is 2.46. The number of hydrogen-bond donors (Lipinski definition) is 2. The molecule has 0 bridgehead atoms. The average molecular weight is 221 g/mol. The fourth-order valence-electron chi connectivity index (χ4n) is 1.39. The number of pyridine rings is 1. The van der Waals surface area contributed by atoms with Crippen molar-refractivity contribution in [3.8, 4) is 0 Å². The second kappa shape index (κ2) is 4.14. The van der Waals surface area contributed by atoms with E-state index in [2.05, 4.69) is 15.6 Å². The average Bonchev–Trinajstić information content (AvgIpc) is 2.94. The van der Waals surface area contributed by atoms with Crippen molar-refractivity contribution in [3.63, 3.8) is 0 Å². The first kappa shape index (κ1) is 10.4. The molecule has 0 atom stereocenters. The highest BCUT2D eigenvalue weighted by Gasteiger charge is 2.21. The van der Waals surface area contributed by atoms with Crippen LogP contribution in [0.25, 0.3) is 0 Å². The minimum atomic E-state index is 0.587. The summed E-state index contributed by atoms with van der Waals surface area (Å²) in [6, 6.07) is 4.58. The van der Waals surface area contributed by atoms with Crippen molar-refractivity contribution in [1.82, 2.24) is 10.3 Å². The molecule has 0 aliphatic heterocycles. The van der Waals surface area contributed by atoms with E-state index in [1.165, 1.54) is 12.8 Å². The van der Waals surface area contributed by atoms with Crippen molar-refractivity contribution in [2.75, 3.05) is 5.32 Å². The molecule has 1 saturated carbocycles. The fourth-order valence-corrected chi connectivity index (χ4v) is 1.67. The number of nitrogens with zero attached hydrogens (tertiary/aromatic N) is 1. The molecule has 3 nitrogen and oxygen atoms in total. The summed E-state index contributed by atoms with van der Waals surface area (Å²) in [5, 5.41) is 7.10. The van der Waals surface area contributed by atoms with Gasteiger partial charge >= 0.3 is 0 Å². The Balaban J connectivity index is 1.99. The molecule has 0 radical (unpaired) electrons. The van der Waals surface area contributed by atoms with Crippen LogP contribution < -0.4 is 10.6 Å². The van der Waals surface area contributed by atoms with E-state index < -0.39 is 0 Å². The van der Waals surface area contributed by atoms with Gasteiger partial charge in [0.25, 0.3) is 0 Å². The Bertz CT molecular complexity index is 385. The summed E-state index contributed by atoms with van der Waals surface area (Å²) < 4.78 is 0. The predicted molar refractivity (Wildman–Crippen MR) is 66.1 cm³/mol. The van der Waals surface area contributed by atoms with Crippen molar-refractivity contribution in [2.24, 2.45) is 0 Å². The maximum Gasteiger partial charge on any atom is 0.171 e. The molecular weight excluding hydrogens is 206 g/mol. The van der Waals surface area contributed by atoms with Gasteiger partial charge in [-0.25, -0.2) is 0 Å². The third-order valence-electron chi connectivity index (χ3n) is 2.39. The molecular formula is C11H15N3S. The molecule has 1 aromatic rings. The minimum Gasteiger partial charge on any atom is -0.360 e. The molecule has 1 aliphatic carbocycles. The van der Waals surface area contributed by atoms with Gasteiger partial charge in [-0.3, -0.25) is 4.98 Å². The van der Waals surface area contributed by atoms with Crippen LogP contribution in [0.1, 0.15) is 24.2 Å². The van der Waals surface area contributed by atoms with Gasteiger partial charge in [0, 0.05) is 11.7 Å². The number of thiocarbonyl (C=S) groups is 1. The number of hydrogen-bond acceptors (Lipinski definition) is 2. The van der Waals surface area contributed by atoms with Gasteiger partial charge in [0.2, 0.25) is 0 Å². The van der Waals surface area contributed by atoms with E-state index in [9.17, 15) is 0 Å². The number of nitrogens with one attached hydrogen (secondary N) is 2. The Morgan fingerprint density at radius 2 is 2.13 bits per heavy atom. The van der Waals surface area contributed by atoms with Crippen LogP contribution >= 0.6 is 12.2 Å². The van der Waals surface area contributed by atoms with Crippen LogP contribution in [0.15, 0.2) is 12.1 Å². The molecule has 80 valence electrons. The first-order valence-corrected chi connectivity index (χ1v) is 5.58. The lowest BCUT2D eigenvalue weighted by molar-refractivity contribution is 0.918. The highest BCUT2D eigenvalue weighted by Crippen LogP contribution is 2.19. The molecule has 1 aliphatic rings. The first-order valence-electron chi connectivity index (χ1n) is 5.17. The van der Waals surface area contributed by atoms with E-state index in [4.69, 9.17) is 12.2 Å². The van der Waals surface area contributed by atoms with Crippen LogP contribution in [0.4, 0.5) is 5.69 Å². The van der Waals surface area contributed by atoms with Gasteiger partial charge in [0.05, 0.1) is 11.4 Å². The molecule has 1 fully saturated rings. The molecule has 15 heavy (non-hydrogen) atoms. The van der Waals surface area contributed by atoms with Crippen molar-refractivity contribution < 1.29 is 0 Å². The maximum absolute atomic E-state index is 5.19. The van der Waals surface area contributed by atoms with Gasteiger partial charge < -0.3 is 10.6 Å². The van der Waals surface area contributed by atoms with E-state index in [1.807, 2.05) is 26.0 Å². The second-order valence-electron chi connectivity index (χ2n) is 3.96. The standard InChI is InChI=1S/C11H15N3S/c1-7-3-6-10(8(2)12-7)14-11(15)13-9-4-5-9/h3,6,9H,4-5H2,1-2H3,(H2,13,14,15). The van der Waals surface area contributed by atoms with E-state index in [0.717, 1.165) is 17.1 Å². The van der Waals surface area contributed by atoms with Crippen LogP contribution in [0.2, 0.25) is 0 Å². The van der Waals surface area contributed by atoms with Gasteiger partial charge in [-0.15, -0.1) is 0 Å². The number of rotatable bonds is 2. The third kappa shape index (κ3) is 2.89. The molecule has 0 unspecified atom stereocenters. The topological polar surface area (TPSA) is 37.0 Å². The third-order valence-corrected chi connectivity index (χ3v) is 2.61. The number of anilines is 1. The molecule has 2 rings (SSSR count). The normalized spacial score (nSPS) is 14.8. The van der Waals surface area contributed by atoms with Crippen molar-refractivity contribution in [2.45, 2.75) is 32.7 Å². The van der Waals surface area contributed by atoms with E-state index in [0.29, 0.717) is 11.2 Å². The largest absolute Gasteiger partial charge is 0.360 e. The van der Waals surface area contributed by atoms with Crippen LogP contribution in [0.5, 0.6) is 0 Å². The molecule has 0 saturated heterocycles. The highest BCUT2D eigenvalue weighted by molar-refractivity contribution is 7.80. The fraction of sp³-hybridized carbons (Fsp3) is 0.455. The molecule has 1 heterocycles. The molecule has 0 aromatic carbocycles. The van der Waals surface area contributed by atoms with Gasteiger partial charge in [-0.05, 0) is 51.0 Å². The molecule has 2 N–H and O–H groups in total. The zero-order chi connectivity index (χ0) is 10.8. The summed E-state index contributed by atoms with van der Waals surface area (Å²) >= 11 is 5.19. The van der Waals surface area contributed by atoms with Gasteiger partial charge in [0.1, 0.15) is 0 Å². The number of aryl methyl sites for hydroxylation is 2. The zero-order valence-electron chi connectivity index (χ0n) is 9.00. The lowest BCUT2D eigenvalue weighted by atomic mass is 10.3. The second-order valence-corrected chi connectivity index (χ2v) is 4.37. The van der Waals surface area contributed by atoms with Crippen LogP contribution in [0.3, 0.4) is 0 Å². The summed E-state index contributed by atoms with van der Waals surface area (Å²) in [6.45, 7) is 3.96. The molecule has 0 spiro atoms. The van der Waals surface area contributed by atoms with Gasteiger partial charge in [0.15, 0.2) is 5.11 Å². The Morgan fingerprint density at radius 1 is 1.40 bits per heavy atom. The van der Waals surface area contributed by atoms with E-state index in [-0.39, 0.29) is 0 Å². The summed E-state index contributed by atoms with van der Waals surface area (Å²) in [5.74, 6) is 0. The minimum absolute atomic E-state index is 0.587. The quantitative estimate of drug-likeness (QED) is 0.750. The SMILES string of the molecule is Cc1ccc(NC(=S)NC2CC2)c(C)n1. The zero-order valence-corrected chi connectivity index (χ0v) is 9.82. The van der Waals surface area contributed by atoms with Gasteiger partial charge in [-0.1, -0.05) is 0 Å². The van der Waals surface area contributed by atoms with Gasteiger partial charge in [-0.2, -0.15) is 0 Å². The Morgan fingerprint density at radius 3 is 2.73 bits per heavy atom. The van der Waals surface area contributed by atoms with E-state index >= 15 is 0 Å². The lowest BCUT2D eigenvalue weighted by Crippen LogP contribution is -2.30. The van der Waals surface area contributed by atoms with E-state index in [1.54, 1.807) is 0 Å². The maximum atomic E-state index is 5.19. The lowest BCUT2D eigenvalue weighted by Gasteiger charge is -2.11. The monoisotopic (exact) mass is 221 g/mol. The van der Waals surface area contributed by atoms with Crippen LogP contribution in [0, 0.1) is 13.8 Å². The molecule has 0 amide bonds. The summed E-state index contributed by atoms with van der Waals surface area (Å²) in [7, 11) is 0. The van der Waals surface area contributed by atoms with Crippen molar-refractivity contribution in [1.29, 1.82) is 0 Å². The molecule has 4 heteroatoms.